The number of carbonyl (C=O) groups is 2. The highest BCUT2D eigenvalue weighted by atomic mass is 32.2. The van der Waals surface area contributed by atoms with Crippen LogP contribution in [0.25, 0.3) is 0 Å². The van der Waals surface area contributed by atoms with Crippen molar-refractivity contribution in [2.24, 2.45) is 0 Å². The molecule has 1 heterocycles. The van der Waals surface area contributed by atoms with Gasteiger partial charge in [0.2, 0.25) is 16.1 Å². The fourth-order valence-electron chi connectivity index (χ4n) is 1.25. The van der Waals surface area contributed by atoms with Gasteiger partial charge in [-0.05, 0) is 13.8 Å². The summed E-state index contributed by atoms with van der Waals surface area (Å²) in [6, 6.07) is -1.75. The number of ether oxygens (including phenoxy) is 2. The van der Waals surface area contributed by atoms with E-state index in [-0.39, 0.29) is 18.1 Å². The molecular formula is C10H15N3O6S. The van der Waals surface area contributed by atoms with E-state index in [0.29, 0.717) is 0 Å². The van der Waals surface area contributed by atoms with Gasteiger partial charge in [-0.25, -0.2) is 18.0 Å². The zero-order valence-electron chi connectivity index (χ0n) is 11.0. The smallest absolute Gasteiger partial charge is 0.335 e. The topological polar surface area (TPSA) is 127 Å². The number of nitrogens with zero attached hydrogens (tertiary/aromatic N) is 1. The van der Waals surface area contributed by atoms with Crippen LogP contribution in [0.1, 0.15) is 13.8 Å². The molecule has 20 heavy (non-hydrogen) atoms. The summed E-state index contributed by atoms with van der Waals surface area (Å²) in [6.07, 6.45) is 2.14. The summed E-state index contributed by atoms with van der Waals surface area (Å²) in [5.41, 5.74) is 0. The number of aromatic nitrogens is 2. The van der Waals surface area contributed by atoms with Crippen LogP contribution in [0.5, 0.6) is 0 Å². The van der Waals surface area contributed by atoms with E-state index < -0.39 is 28.0 Å². The summed E-state index contributed by atoms with van der Waals surface area (Å²) < 4.78 is 35.1. The summed E-state index contributed by atoms with van der Waals surface area (Å²) in [4.78, 5) is 23.1. The summed E-state index contributed by atoms with van der Waals surface area (Å²) >= 11 is 0. The number of nitrogens with one attached hydrogen (secondary N) is 2. The van der Waals surface area contributed by atoms with Crippen LogP contribution in [0.15, 0.2) is 17.3 Å². The van der Waals surface area contributed by atoms with Gasteiger partial charge in [0.15, 0.2) is 0 Å². The number of hydrogen-bond acceptors (Lipinski definition) is 7. The first kappa shape index (κ1) is 16.1. The highest BCUT2D eigenvalue weighted by Gasteiger charge is 2.34. The molecule has 0 aliphatic carbocycles. The Bertz CT molecular complexity index is 536. The molecule has 9 nitrogen and oxygen atoms in total. The van der Waals surface area contributed by atoms with E-state index in [9.17, 15) is 18.0 Å². The quantitative estimate of drug-likeness (QED) is 0.497. The SMILES string of the molecule is CCOC(=O)C(NS(=O)(=O)c1cn[nH]c1)C(=O)OCC. The van der Waals surface area contributed by atoms with Crippen LogP contribution in [0.3, 0.4) is 0 Å². The van der Waals surface area contributed by atoms with Crippen LogP contribution in [-0.2, 0) is 29.1 Å². The fourth-order valence-corrected chi connectivity index (χ4v) is 2.29. The van der Waals surface area contributed by atoms with Gasteiger partial charge in [0.05, 0.1) is 19.4 Å². The average Bonchev–Trinajstić information content (AvgIpc) is 2.91. The molecule has 2 N–H and O–H groups in total. The van der Waals surface area contributed by atoms with Gasteiger partial charge in [0, 0.05) is 6.20 Å². The van der Waals surface area contributed by atoms with Crippen molar-refractivity contribution in [2.45, 2.75) is 24.8 Å². The Kier molecular flexibility index (Phi) is 5.65. The van der Waals surface area contributed by atoms with Gasteiger partial charge < -0.3 is 9.47 Å². The lowest BCUT2D eigenvalue weighted by Gasteiger charge is -2.15. The Hall–Kier alpha value is -1.94. The number of hydrogen-bond donors (Lipinski definition) is 2. The summed E-state index contributed by atoms with van der Waals surface area (Å²) in [7, 11) is -4.09. The van der Waals surface area contributed by atoms with E-state index in [0.717, 1.165) is 12.4 Å². The van der Waals surface area contributed by atoms with E-state index in [1.165, 1.54) is 13.8 Å². The van der Waals surface area contributed by atoms with Crippen molar-refractivity contribution >= 4 is 22.0 Å². The summed E-state index contributed by atoms with van der Waals surface area (Å²) in [5, 5.41) is 5.80. The monoisotopic (exact) mass is 305 g/mol. The van der Waals surface area contributed by atoms with E-state index >= 15 is 0 Å². The lowest BCUT2D eigenvalue weighted by Crippen LogP contribution is -2.48. The summed E-state index contributed by atoms with van der Waals surface area (Å²) in [6.45, 7) is 3.07. The lowest BCUT2D eigenvalue weighted by molar-refractivity contribution is -0.157. The molecule has 0 saturated heterocycles. The van der Waals surface area contributed by atoms with Crippen LogP contribution >= 0.6 is 0 Å². The number of esters is 2. The molecule has 0 unspecified atom stereocenters. The predicted octanol–water partition coefficient (Wildman–Crippen LogP) is -0.817. The van der Waals surface area contributed by atoms with Gasteiger partial charge in [-0.1, -0.05) is 0 Å². The third-order valence-corrected chi connectivity index (χ3v) is 3.49. The second-order valence-corrected chi connectivity index (χ2v) is 5.21. The van der Waals surface area contributed by atoms with Crippen molar-refractivity contribution in [3.63, 3.8) is 0 Å². The zero-order chi connectivity index (χ0) is 15.2. The highest BCUT2D eigenvalue weighted by molar-refractivity contribution is 7.89. The number of H-pyrrole nitrogens is 1. The molecule has 0 aliphatic heterocycles. The molecule has 0 atom stereocenters. The first-order valence-electron chi connectivity index (χ1n) is 5.76. The molecule has 1 rings (SSSR count). The fraction of sp³-hybridized carbons (Fsp3) is 0.500. The first-order chi connectivity index (χ1) is 9.42. The van der Waals surface area contributed by atoms with Crippen molar-refractivity contribution in [3.8, 4) is 0 Å². The number of aromatic amines is 1. The minimum Gasteiger partial charge on any atom is -0.464 e. The van der Waals surface area contributed by atoms with E-state index in [4.69, 9.17) is 0 Å². The third-order valence-electron chi connectivity index (χ3n) is 2.10. The van der Waals surface area contributed by atoms with Crippen molar-refractivity contribution < 1.29 is 27.5 Å². The molecule has 112 valence electrons. The third kappa shape index (κ3) is 4.03. The molecule has 1 aromatic heterocycles. The molecule has 0 radical (unpaired) electrons. The van der Waals surface area contributed by atoms with Gasteiger partial charge >= 0.3 is 11.9 Å². The van der Waals surface area contributed by atoms with Gasteiger partial charge in [-0.2, -0.15) is 9.82 Å². The maximum absolute atomic E-state index is 11.9. The molecule has 0 amide bonds. The van der Waals surface area contributed by atoms with Crippen LogP contribution in [-0.4, -0.2) is 49.8 Å². The molecular weight excluding hydrogens is 290 g/mol. The molecule has 0 fully saturated rings. The van der Waals surface area contributed by atoms with Crippen molar-refractivity contribution in [1.29, 1.82) is 0 Å². The maximum Gasteiger partial charge on any atom is 0.335 e. The molecule has 10 heteroatoms. The standard InChI is InChI=1S/C10H15N3O6S/c1-3-18-9(14)8(10(15)19-4-2)13-20(16,17)7-5-11-12-6-7/h5-6,8,13H,3-4H2,1-2H3,(H,11,12). The molecule has 1 aromatic rings. The summed E-state index contributed by atoms with van der Waals surface area (Å²) in [5.74, 6) is -2.06. The van der Waals surface area contributed by atoms with Crippen molar-refractivity contribution in [3.05, 3.63) is 12.4 Å². The normalized spacial score (nSPS) is 11.3. The molecule has 0 aromatic carbocycles. The first-order valence-corrected chi connectivity index (χ1v) is 7.25. The average molecular weight is 305 g/mol. The van der Waals surface area contributed by atoms with Crippen LogP contribution in [0, 0.1) is 0 Å². The maximum atomic E-state index is 11.9. The second kappa shape index (κ2) is 7.01. The predicted molar refractivity (Wildman–Crippen MR) is 66.0 cm³/mol. The molecule has 0 spiro atoms. The van der Waals surface area contributed by atoms with E-state index in [2.05, 4.69) is 19.7 Å². The largest absolute Gasteiger partial charge is 0.464 e. The van der Waals surface area contributed by atoms with Crippen molar-refractivity contribution in [1.82, 2.24) is 14.9 Å². The Morgan fingerprint density at radius 3 is 2.25 bits per heavy atom. The van der Waals surface area contributed by atoms with Gasteiger partial charge in [-0.15, -0.1) is 0 Å². The number of carbonyl (C=O) groups excluding carboxylic acids is 2. The van der Waals surface area contributed by atoms with Crippen LogP contribution < -0.4 is 4.72 Å². The molecule has 0 aliphatic rings. The van der Waals surface area contributed by atoms with Gasteiger partial charge in [0.1, 0.15) is 4.90 Å². The highest BCUT2D eigenvalue weighted by Crippen LogP contribution is 2.07. The molecule has 0 saturated carbocycles. The van der Waals surface area contributed by atoms with Gasteiger partial charge in [0.25, 0.3) is 0 Å². The van der Waals surface area contributed by atoms with E-state index in [1.54, 1.807) is 0 Å². The Labute approximate surface area is 115 Å². The zero-order valence-corrected chi connectivity index (χ0v) is 11.8. The Morgan fingerprint density at radius 2 is 1.85 bits per heavy atom. The Balaban J connectivity index is 2.95. The minimum absolute atomic E-state index is 0.00216. The van der Waals surface area contributed by atoms with Gasteiger partial charge in [-0.3, -0.25) is 5.10 Å². The number of rotatable bonds is 7. The Morgan fingerprint density at radius 1 is 1.30 bits per heavy atom. The lowest BCUT2D eigenvalue weighted by atomic mass is 10.3. The minimum atomic E-state index is -4.09. The van der Waals surface area contributed by atoms with Crippen LogP contribution in [0.4, 0.5) is 0 Å². The number of sulfonamides is 1. The van der Waals surface area contributed by atoms with E-state index in [1.807, 2.05) is 4.72 Å². The van der Waals surface area contributed by atoms with Crippen LogP contribution in [0.2, 0.25) is 0 Å². The van der Waals surface area contributed by atoms with Crippen molar-refractivity contribution in [2.75, 3.05) is 13.2 Å². The second-order valence-electron chi connectivity index (χ2n) is 3.49. The molecule has 0 bridgehead atoms.